The topological polar surface area (TPSA) is 118 Å². The van der Waals surface area contributed by atoms with E-state index in [2.05, 4.69) is 15.2 Å². The van der Waals surface area contributed by atoms with Gasteiger partial charge in [0.05, 0.1) is 31.1 Å². The molecule has 0 amide bonds. The van der Waals surface area contributed by atoms with Crippen molar-refractivity contribution in [1.29, 1.82) is 0 Å². The van der Waals surface area contributed by atoms with Crippen molar-refractivity contribution >= 4 is 32.7 Å². The third-order valence-electron chi connectivity index (χ3n) is 8.93. The summed E-state index contributed by atoms with van der Waals surface area (Å²) in [5, 5.41) is 4.00. The second-order valence-corrected chi connectivity index (χ2v) is 14.7. The molecule has 15 heteroatoms. The Kier molecular flexibility index (Phi) is 8.31. The van der Waals surface area contributed by atoms with Crippen LogP contribution in [0.3, 0.4) is 0 Å². The van der Waals surface area contributed by atoms with Crippen LogP contribution in [0.1, 0.15) is 52.0 Å². The van der Waals surface area contributed by atoms with E-state index in [4.69, 9.17) is 9.72 Å². The minimum atomic E-state index is -4.67. The van der Waals surface area contributed by atoms with Gasteiger partial charge >= 0.3 is 6.18 Å². The number of aromatic nitrogens is 3. The van der Waals surface area contributed by atoms with Gasteiger partial charge in [-0.05, 0) is 63.3 Å². The molecule has 2 saturated heterocycles. The fourth-order valence-corrected chi connectivity index (χ4v) is 7.63. The summed E-state index contributed by atoms with van der Waals surface area (Å²) in [6.45, 7) is 7.67. The number of nitrogens with one attached hydrogen (secondary N) is 2. The van der Waals surface area contributed by atoms with Gasteiger partial charge in [0, 0.05) is 53.8 Å². The molecule has 10 nitrogen and oxygen atoms in total. The van der Waals surface area contributed by atoms with Crippen LogP contribution < -0.4 is 15.6 Å². The first-order chi connectivity index (χ1) is 21.2. The number of hydrogen-bond acceptors (Lipinski definition) is 8. The van der Waals surface area contributed by atoms with Gasteiger partial charge in [-0.2, -0.15) is 18.2 Å². The molecule has 0 unspecified atom stereocenters. The first kappa shape index (κ1) is 31.7. The number of hydrogen-bond donors (Lipinski definition) is 2. The SMILES string of the molecule is CC(C)n1c(=O)c(-c2ccc(NS(=O)(=O)CCC(F)(F)F)c(F)c2)cc2cnc(NC3CCC(N4CC5(COC5)C4)CC3)nc21. The molecule has 2 N–H and O–H groups in total. The van der Waals surface area contributed by atoms with Crippen molar-refractivity contribution in [3.63, 3.8) is 0 Å². The zero-order valence-corrected chi connectivity index (χ0v) is 25.8. The summed E-state index contributed by atoms with van der Waals surface area (Å²) in [4.78, 5) is 25.4. The number of fused-ring (bicyclic) bond motifs is 1. The zero-order valence-electron chi connectivity index (χ0n) is 25.0. The standard InChI is InChI=1S/C30H36F4N6O4S/c1-18(2)40-26-20(13-35-28(37-26)36-21-4-6-22(7-5-21)39-14-29(15-39)16-44-17-29)11-23(27(40)41)19-3-8-25(24(31)12-19)38-45(42,43)10-9-30(32,33)34/h3,8,11-13,18,21-22,38H,4-7,9-10,14-17H2,1-2H3,(H,35,36,37). The Labute approximate surface area is 258 Å². The van der Waals surface area contributed by atoms with E-state index >= 15 is 0 Å². The lowest BCUT2D eigenvalue weighted by atomic mass is 9.75. The van der Waals surface area contributed by atoms with Crippen LogP contribution in [0.15, 0.2) is 35.3 Å². The van der Waals surface area contributed by atoms with Crippen LogP contribution in [0.4, 0.5) is 29.2 Å². The van der Waals surface area contributed by atoms with Gasteiger partial charge in [-0.3, -0.25) is 19.0 Å². The Balaban J connectivity index is 1.18. The molecule has 0 bridgehead atoms. The molecule has 0 atom stereocenters. The maximum absolute atomic E-state index is 15.0. The summed E-state index contributed by atoms with van der Waals surface area (Å²) in [5.41, 5.74) is 0.202. The van der Waals surface area contributed by atoms with Crippen LogP contribution in [-0.4, -0.2) is 78.2 Å². The molecule has 244 valence electrons. The molecule has 2 aromatic heterocycles. The van der Waals surface area contributed by atoms with E-state index < -0.39 is 45.4 Å². The molecule has 2 aliphatic heterocycles. The Hall–Kier alpha value is -3.30. The Bertz CT molecular complexity index is 1740. The maximum Gasteiger partial charge on any atom is 0.390 e. The molecule has 1 aromatic carbocycles. The number of anilines is 2. The van der Waals surface area contributed by atoms with E-state index in [1.807, 2.05) is 18.6 Å². The van der Waals surface area contributed by atoms with Crippen molar-refractivity contribution in [2.75, 3.05) is 42.1 Å². The predicted molar refractivity (Wildman–Crippen MR) is 162 cm³/mol. The van der Waals surface area contributed by atoms with Crippen molar-refractivity contribution in [3.05, 3.63) is 46.6 Å². The summed E-state index contributed by atoms with van der Waals surface area (Å²) in [6.07, 6.45) is -0.474. The molecule has 3 fully saturated rings. The van der Waals surface area contributed by atoms with Crippen molar-refractivity contribution < 1.29 is 30.7 Å². The molecule has 0 radical (unpaired) electrons. The average Bonchev–Trinajstić information content (AvgIpc) is 2.91. The van der Waals surface area contributed by atoms with E-state index in [0.29, 0.717) is 28.4 Å². The first-order valence-electron chi connectivity index (χ1n) is 15.1. The number of alkyl halides is 3. The molecular formula is C30H36F4N6O4S. The fourth-order valence-electron chi connectivity index (χ4n) is 6.52. The van der Waals surface area contributed by atoms with Crippen LogP contribution in [0.2, 0.25) is 0 Å². The van der Waals surface area contributed by atoms with Gasteiger partial charge in [0.2, 0.25) is 16.0 Å². The van der Waals surface area contributed by atoms with Crippen LogP contribution in [0.5, 0.6) is 0 Å². The van der Waals surface area contributed by atoms with Crippen LogP contribution in [0, 0.1) is 11.2 Å². The summed E-state index contributed by atoms with van der Waals surface area (Å²) >= 11 is 0. The van der Waals surface area contributed by atoms with Gasteiger partial charge in [-0.1, -0.05) is 6.07 Å². The van der Waals surface area contributed by atoms with Crippen molar-refractivity contribution in [2.45, 2.75) is 70.3 Å². The van der Waals surface area contributed by atoms with Gasteiger partial charge in [-0.25, -0.2) is 17.8 Å². The molecule has 1 spiro atoms. The molecule has 3 aliphatic rings. The normalized spacial score (nSPS) is 21.9. The van der Waals surface area contributed by atoms with Gasteiger partial charge in [0.15, 0.2) is 0 Å². The van der Waals surface area contributed by atoms with E-state index in [1.165, 1.54) is 10.6 Å². The highest BCUT2D eigenvalue weighted by atomic mass is 32.2. The van der Waals surface area contributed by atoms with E-state index in [1.54, 1.807) is 12.3 Å². The predicted octanol–water partition coefficient (Wildman–Crippen LogP) is 4.93. The number of rotatable bonds is 9. The van der Waals surface area contributed by atoms with Gasteiger partial charge in [0.25, 0.3) is 5.56 Å². The minimum absolute atomic E-state index is 0.144. The number of ether oxygens (including phenoxy) is 1. The Morgan fingerprint density at radius 2 is 1.82 bits per heavy atom. The summed E-state index contributed by atoms with van der Waals surface area (Å²) in [5.74, 6) is -1.85. The average molecular weight is 653 g/mol. The highest BCUT2D eigenvalue weighted by molar-refractivity contribution is 7.92. The monoisotopic (exact) mass is 652 g/mol. The summed E-state index contributed by atoms with van der Waals surface area (Å²) in [6, 6.07) is 5.45. The number of benzene rings is 1. The third kappa shape index (κ3) is 6.80. The van der Waals surface area contributed by atoms with Crippen molar-refractivity contribution in [3.8, 4) is 11.1 Å². The van der Waals surface area contributed by atoms with Crippen molar-refractivity contribution in [1.82, 2.24) is 19.4 Å². The van der Waals surface area contributed by atoms with Gasteiger partial charge in [-0.15, -0.1) is 0 Å². The number of nitrogens with zero attached hydrogens (tertiary/aromatic N) is 4. The van der Waals surface area contributed by atoms with Crippen LogP contribution in [-0.2, 0) is 14.8 Å². The molecule has 3 aromatic rings. The van der Waals surface area contributed by atoms with Gasteiger partial charge < -0.3 is 10.1 Å². The molecule has 6 rings (SSSR count). The molecule has 1 saturated carbocycles. The van der Waals surface area contributed by atoms with Crippen LogP contribution >= 0.6 is 0 Å². The van der Waals surface area contributed by atoms with Gasteiger partial charge in [0.1, 0.15) is 11.5 Å². The Morgan fingerprint density at radius 1 is 1.11 bits per heavy atom. The molecule has 45 heavy (non-hydrogen) atoms. The van der Waals surface area contributed by atoms with E-state index in [-0.39, 0.29) is 23.2 Å². The quantitative estimate of drug-likeness (QED) is 0.313. The number of sulfonamides is 1. The molecular weight excluding hydrogens is 616 g/mol. The second-order valence-electron chi connectivity index (χ2n) is 12.8. The van der Waals surface area contributed by atoms with E-state index in [9.17, 15) is 30.8 Å². The zero-order chi connectivity index (χ0) is 32.1. The van der Waals surface area contributed by atoms with Crippen molar-refractivity contribution in [2.24, 2.45) is 5.41 Å². The number of likely N-dealkylation sites (tertiary alicyclic amines) is 1. The number of halogens is 4. The summed E-state index contributed by atoms with van der Waals surface area (Å²) in [7, 11) is -4.45. The van der Waals surface area contributed by atoms with Crippen LogP contribution in [0.25, 0.3) is 22.2 Å². The highest BCUT2D eigenvalue weighted by Gasteiger charge is 2.50. The molecule has 4 heterocycles. The highest BCUT2D eigenvalue weighted by Crippen LogP contribution is 2.41. The minimum Gasteiger partial charge on any atom is -0.380 e. The summed E-state index contributed by atoms with van der Waals surface area (Å²) < 4.78 is 85.3. The third-order valence-corrected chi connectivity index (χ3v) is 10.2. The fraction of sp³-hybridized carbons (Fsp3) is 0.567. The Morgan fingerprint density at radius 3 is 2.42 bits per heavy atom. The smallest absolute Gasteiger partial charge is 0.380 e. The maximum atomic E-state index is 15.0. The first-order valence-corrected chi connectivity index (χ1v) is 16.7. The number of pyridine rings is 1. The largest absolute Gasteiger partial charge is 0.390 e. The second kappa shape index (κ2) is 11.8. The lowest BCUT2D eigenvalue weighted by Crippen LogP contribution is -2.68. The lowest BCUT2D eigenvalue weighted by molar-refractivity contribution is -0.200. The lowest BCUT2D eigenvalue weighted by Gasteiger charge is -2.58. The van der Waals surface area contributed by atoms with E-state index in [0.717, 1.165) is 64.1 Å². The molecule has 1 aliphatic carbocycles.